The van der Waals surface area contributed by atoms with Crippen LogP contribution in [0.15, 0.2) is 30.3 Å². The van der Waals surface area contributed by atoms with E-state index in [4.69, 9.17) is 22.1 Å². The van der Waals surface area contributed by atoms with E-state index in [1.807, 2.05) is 0 Å². The summed E-state index contributed by atoms with van der Waals surface area (Å²) in [5, 5.41) is 0.670. The average molecular weight is 262 g/mol. The lowest BCUT2D eigenvalue weighted by Gasteiger charge is -2.07. The van der Waals surface area contributed by atoms with Gasteiger partial charge in [0, 0.05) is 17.0 Å². The molecule has 1 aliphatic carbocycles. The SMILES string of the molecule is Nc1cc(Oc2ccc(Cl)cc2)nc(C2CC2)n1. The molecule has 0 amide bonds. The number of ether oxygens (including phenoxy) is 1. The van der Waals surface area contributed by atoms with Crippen molar-refractivity contribution in [3.05, 3.63) is 41.2 Å². The molecular weight excluding hydrogens is 250 g/mol. The number of rotatable bonds is 3. The van der Waals surface area contributed by atoms with Crippen LogP contribution in [0.25, 0.3) is 0 Å². The lowest BCUT2D eigenvalue weighted by Crippen LogP contribution is -2.00. The zero-order valence-corrected chi connectivity index (χ0v) is 10.4. The lowest BCUT2D eigenvalue weighted by molar-refractivity contribution is 0.459. The lowest BCUT2D eigenvalue weighted by atomic mass is 10.3. The number of hydrogen-bond donors (Lipinski definition) is 1. The first kappa shape index (κ1) is 11.3. The van der Waals surface area contributed by atoms with Gasteiger partial charge in [-0.15, -0.1) is 0 Å². The first-order valence-corrected chi connectivity index (χ1v) is 6.16. The van der Waals surface area contributed by atoms with Gasteiger partial charge in [0.05, 0.1) is 0 Å². The summed E-state index contributed by atoms with van der Waals surface area (Å²) < 4.78 is 5.64. The fourth-order valence-electron chi connectivity index (χ4n) is 1.66. The van der Waals surface area contributed by atoms with Gasteiger partial charge >= 0.3 is 0 Å². The molecule has 1 heterocycles. The minimum absolute atomic E-state index is 0.441. The normalized spacial score (nSPS) is 14.5. The first-order valence-electron chi connectivity index (χ1n) is 5.78. The Morgan fingerprint density at radius 2 is 1.89 bits per heavy atom. The maximum Gasteiger partial charge on any atom is 0.224 e. The molecular formula is C13H12ClN3O. The van der Waals surface area contributed by atoms with Crippen LogP contribution in [-0.4, -0.2) is 9.97 Å². The van der Waals surface area contributed by atoms with Gasteiger partial charge in [0.1, 0.15) is 17.4 Å². The summed E-state index contributed by atoms with van der Waals surface area (Å²) in [6.07, 6.45) is 2.26. The third kappa shape index (κ3) is 2.54. The first-order chi connectivity index (χ1) is 8.70. The second-order valence-electron chi connectivity index (χ2n) is 4.32. The van der Waals surface area contributed by atoms with E-state index in [2.05, 4.69) is 9.97 Å². The quantitative estimate of drug-likeness (QED) is 0.920. The number of nitrogens with two attached hydrogens (primary N) is 1. The number of hydrogen-bond acceptors (Lipinski definition) is 4. The number of benzene rings is 1. The Morgan fingerprint density at radius 3 is 2.56 bits per heavy atom. The molecule has 0 aliphatic heterocycles. The van der Waals surface area contributed by atoms with E-state index in [1.54, 1.807) is 30.3 Å². The topological polar surface area (TPSA) is 61.0 Å². The van der Waals surface area contributed by atoms with Crippen molar-refractivity contribution in [3.63, 3.8) is 0 Å². The molecule has 0 saturated heterocycles. The highest BCUT2D eigenvalue weighted by atomic mass is 35.5. The Kier molecular flexibility index (Phi) is 2.80. The standard InChI is InChI=1S/C13H12ClN3O/c14-9-3-5-10(6-4-9)18-12-7-11(15)16-13(17-12)8-1-2-8/h3-8H,1-2H2,(H2,15,16,17). The number of anilines is 1. The average Bonchev–Trinajstić information content (AvgIpc) is 3.15. The molecule has 18 heavy (non-hydrogen) atoms. The second kappa shape index (κ2) is 4.46. The van der Waals surface area contributed by atoms with Crippen molar-refractivity contribution in [2.45, 2.75) is 18.8 Å². The van der Waals surface area contributed by atoms with Gasteiger partial charge in [-0.05, 0) is 37.1 Å². The Labute approximate surface area is 110 Å². The van der Waals surface area contributed by atoms with Crippen LogP contribution < -0.4 is 10.5 Å². The van der Waals surface area contributed by atoms with Gasteiger partial charge in [-0.2, -0.15) is 4.98 Å². The maximum absolute atomic E-state index is 5.81. The Balaban J connectivity index is 1.85. The van der Waals surface area contributed by atoms with Gasteiger partial charge in [0.15, 0.2) is 0 Å². The minimum Gasteiger partial charge on any atom is -0.439 e. The third-order valence-corrected chi connectivity index (χ3v) is 2.97. The minimum atomic E-state index is 0.441. The van der Waals surface area contributed by atoms with Gasteiger partial charge in [-0.3, -0.25) is 0 Å². The Hall–Kier alpha value is -1.81. The van der Waals surface area contributed by atoms with Crippen molar-refractivity contribution in [2.24, 2.45) is 0 Å². The molecule has 0 bridgehead atoms. The van der Waals surface area contributed by atoms with Gasteiger partial charge in [-0.25, -0.2) is 4.98 Å². The molecule has 0 atom stereocenters. The molecule has 1 aliphatic rings. The van der Waals surface area contributed by atoms with Crippen LogP contribution in [-0.2, 0) is 0 Å². The van der Waals surface area contributed by atoms with Crippen LogP contribution in [0.3, 0.4) is 0 Å². The van der Waals surface area contributed by atoms with E-state index in [1.165, 1.54) is 0 Å². The zero-order chi connectivity index (χ0) is 12.5. The maximum atomic E-state index is 5.81. The van der Waals surface area contributed by atoms with Crippen molar-refractivity contribution in [1.82, 2.24) is 9.97 Å². The highest BCUT2D eigenvalue weighted by molar-refractivity contribution is 6.30. The number of nitrogens with zero attached hydrogens (tertiary/aromatic N) is 2. The molecule has 1 aromatic heterocycles. The molecule has 4 nitrogen and oxygen atoms in total. The summed E-state index contributed by atoms with van der Waals surface area (Å²) in [5.41, 5.74) is 5.75. The van der Waals surface area contributed by atoms with Gasteiger partial charge in [0.25, 0.3) is 0 Å². The van der Waals surface area contributed by atoms with Crippen LogP contribution in [0.1, 0.15) is 24.6 Å². The van der Waals surface area contributed by atoms with Crippen LogP contribution in [0, 0.1) is 0 Å². The molecule has 2 aromatic rings. The van der Waals surface area contributed by atoms with Gasteiger partial charge < -0.3 is 10.5 Å². The largest absolute Gasteiger partial charge is 0.439 e. The highest BCUT2D eigenvalue weighted by Crippen LogP contribution is 2.39. The molecule has 92 valence electrons. The van der Waals surface area contributed by atoms with Gasteiger partial charge in [-0.1, -0.05) is 11.6 Å². The Bertz CT molecular complexity index is 567. The van der Waals surface area contributed by atoms with Gasteiger partial charge in [0.2, 0.25) is 5.88 Å². The fourth-order valence-corrected chi connectivity index (χ4v) is 1.79. The van der Waals surface area contributed by atoms with E-state index < -0.39 is 0 Å². The summed E-state index contributed by atoms with van der Waals surface area (Å²) in [7, 11) is 0. The van der Waals surface area contributed by atoms with E-state index >= 15 is 0 Å². The van der Waals surface area contributed by atoms with Crippen LogP contribution in [0.2, 0.25) is 5.02 Å². The predicted molar refractivity (Wildman–Crippen MR) is 69.9 cm³/mol. The van der Waals surface area contributed by atoms with Crippen molar-refractivity contribution in [1.29, 1.82) is 0 Å². The van der Waals surface area contributed by atoms with Crippen molar-refractivity contribution in [3.8, 4) is 11.6 Å². The molecule has 0 unspecified atom stereocenters. The summed E-state index contributed by atoms with van der Waals surface area (Å²) >= 11 is 5.81. The van der Waals surface area contributed by atoms with E-state index in [9.17, 15) is 0 Å². The zero-order valence-electron chi connectivity index (χ0n) is 9.64. The second-order valence-corrected chi connectivity index (χ2v) is 4.76. The van der Waals surface area contributed by atoms with Crippen LogP contribution in [0.5, 0.6) is 11.6 Å². The molecule has 3 rings (SSSR count). The van der Waals surface area contributed by atoms with E-state index in [0.29, 0.717) is 28.4 Å². The Morgan fingerprint density at radius 1 is 1.17 bits per heavy atom. The summed E-state index contributed by atoms with van der Waals surface area (Å²) in [6, 6.07) is 8.74. The van der Waals surface area contributed by atoms with Crippen molar-refractivity contribution in [2.75, 3.05) is 5.73 Å². The molecule has 0 spiro atoms. The number of halogens is 1. The van der Waals surface area contributed by atoms with Crippen molar-refractivity contribution < 1.29 is 4.74 Å². The molecule has 2 N–H and O–H groups in total. The van der Waals surface area contributed by atoms with Crippen molar-refractivity contribution >= 4 is 17.4 Å². The smallest absolute Gasteiger partial charge is 0.224 e. The third-order valence-electron chi connectivity index (χ3n) is 2.72. The molecule has 1 fully saturated rings. The number of nitrogen functional groups attached to an aromatic ring is 1. The van der Waals surface area contributed by atoms with Crippen LogP contribution in [0.4, 0.5) is 5.82 Å². The molecule has 0 radical (unpaired) electrons. The number of aromatic nitrogens is 2. The summed E-state index contributed by atoms with van der Waals surface area (Å²) in [4.78, 5) is 8.58. The predicted octanol–water partition coefficient (Wildman–Crippen LogP) is 3.38. The molecule has 1 saturated carbocycles. The molecule has 5 heteroatoms. The summed E-state index contributed by atoms with van der Waals surface area (Å²) in [5.74, 6) is 2.82. The molecule has 1 aromatic carbocycles. The van der Waals surface area contributed by atoms with E-state index in [-0.39, 0.29) is 0 Å². The summed E-state index contributed by atoms with van der Waals surface area (Å²) in [6.45, 7) is 0. The van der Waals surface area contributed by atoms with E-state index in [0.717, 1.165) is 18.7 Å². The highest BCUT2D eigenvalue weighted by Gasteiger charge is 2.27. The monoisotopic (exact) mass is 261 g/mol. The van der Waals surface area contributed by atoms with Crippen LogP contribution >= 0.6 is 11.6 Å². The fraction of sp³-hybridized carbons (Fsp3) is 0.231.